The Kier molecular flexibility index (Phi) is 14.0. The number of esters is 1. The number of benzene rings is 1. The molecule has 0 aliphatic rings. The number of carbonyl (C=O) groups excluding carboxylic acids is 1. The van der Waals surface area contributed by atoms with Crippen molar-refractivity contribution < 1.29 is 24.1 Å². The number of aliphatic hydroxyl groups is 1. The van der Waals surface area contributed by atoms with E-state index in [0.717, 1.165) is 25.7 Å². The monoisotopic (exact) mass is 422 g/mol. The highest BCUT2D eigenvalue weighted by molar-refractivity contribution is 5.90. The van der Waals surface area contributed by atoms with Crippen molar-refractivity contribution in [3.8, 4) is 11.5 Å². The Bertz CT molecular complexity index is 587. The Balaban J connectivity index is 2.91. The summed E-state index contributed by atoms with van der Waals surface area (Å²) in [7, 11) is 0. The topological polar surface area (TPSA) is 65.0 Å². The standard InChI is InChI=1S/C25H42O5/c1-5-9-11-20(7-3)18-29-23-14-13-22(25(27)28-16-15-26)17-24(23)30-19-21(8-4)12-10-6-2/h13-14,17,20-21,26H,5-12,15-16,18-19H2,1-4H3. The first-order chi connectivity index (χ1) is 14.6. The molecular weight excluding hydrogens is 380 g/mol. The maximum atomic E-state index is 12.2. The number of aliphatic hydroxyl groups excluding tert-OH is 1. The van der Waals surface area contributed by atoms with Crippen LogP contribution in [-0.2, 0) is 4.74 Å². The summed E-state index contributed by atoms with van der Waals surface area (Å²) in [6.07, 6.45) is 9.18. The summed E-state index contributed by atoms with van der Waals surface area (Å²) in [6.45, 7) is 9.83. The van der Waals surface area contributed by atoms with Gasteiger partial charge < -0.3 is 19.3 Å². The van der Waals surface area contributed by atoms with Gasteiger partial charge in [0.05, 0.1) is 25.4 Å². The van der Waals surface area contributed by atoms with E-state index in [1.54, 1.807) is 18.2 Å². The van der Waals surface area contributed by atoms with Gasteiger partial charge in [0.2, 0.25) is 0 Å². The highest BCUT2D eigenvalue weighted by atomic mass is 16.5. The first-order valence-electron chi connectivity index (χ1n) is 11.8. The largest absolute Gasteiger partial charge is 0.489 e. The zero-order valence-electron chi connectivity index (χ0n) is 19.5. The van der Waals surface area contributed by atoms with Crippen molar-refractivity contribution in [3.05, 3.63) is 23.8 Å². The van der Waals surface area contributed by atoms with Crippen LogP contribution in [0.1, 0.15) is 89.4 Å². The van der Waals surface area contributed by atoms with Gasteiger partial charge in [0.15, 0.2) is 11.5 Å². The van der Waals surface area contributed by atoms with Crippen LogP contribution in [0, 0.1) is 11.8 Å². The summed E-state index contributed by atoms with van der Waals surface area (Å²) in [5, 5.41) is 8.89. The average Bonchev–Trinajstić information content (AvgIpc) is 2.78. The zero-order chi connectivity index (χ0) is 22.2. The number of unbranched alkanes of at least 4 members (excludes halogenated alkanes) is 2. The Labute approximate surface area is 183 Å². The third-order valence-electron chi connectivity index (χ3n) is 5.54. The van der Waals surface area contributed by atoms with Crippen LogP contribution in [0.3, 0.4) is 0 Å². The van der Waals surface area contributed by atoms with Crippen molar-refractivity contribution >= 4 is 5.97 Å². The molecule has 0 saturated carbocycles. The lowest BCUT2D eigenvalue weighted by atomic mass is 10.0. The molecule has 0 heterocycles. The van der Waals surface area contributed by atoms with Crippen molar-refractivity contribution in [2.75, 3.05) is 26.4 Å². The smallest absolute Gasteiger partial charge is 0.338 e. The molecule has 0 amide bonds. The Morgan fingerprint density at radius 3 is 1.97 bits per heavy atom. The van der Waals surface area contributed by atoms with Crippen molar-refractivity contribution in [1.29, 1.82) is 0 Å². The molecule has 1 rings (SSSR count). The molecule has 5 nitrogen and oxygen atoms in total. The number of ether oxygens (including phenoxy) is 3. The van der Waals surface area contributed by atoms with Crippen LogP contribution in [0.4, 0.5) is 0 Å². The predicted molar refractivity (Wildman–Crippen MR) is 121 cm³/mol. The van der Waals surface area contributed by atoms with Crippen molar-refractivity contribution in [2.45, 2.75) is 79.1 Å². The highest BCUT2D eigenvalue weighted by Gasteiger charge is 2.16. The maximum Gasteiger partial charge on any atom is 0.338 e. The second-order valence-corrected chi connectivity index (χ2v) is 7.98. The third-order valence-corrected chi connectivity index (χ3v) is 5.54. The molecule has 0 aliphatic carbocycles. The Morgan fingerprint density at radius 1 is 0.900 bits per heavy atom. The van der Waals surface area contributed by atoms with Crippen molar-refractivity contribution in [3.63, 3.8) is 0 Å². The molecule has 0 radical (unpaired) electrons. The lowest BCUT2D eigenvalue weighted by Gasteiger charge is -2.20. The normalized spacial score (nSPS) is 13.0. The second-order valence-electron chi connectivity index (χ2n) is 7.98. The summed E-state index contributed by atoms with van der Waals surface area (Å²) in [5.41, 5.74) is 0.408. The predicted octanol–water partition coefficient (Wildman–Crippen LogP) is 6.03. The molecule has 1 N–H and O–H groups in total. The molecule has 30 heavy (non-hydrogen) atoms. The van der Waals surface area contributed by atoms with E-state index in [4.69, 9.17) is 19.3 Å². The Morgan fingerprint density at radius 2 is 1.47 bits per heavy atom. The van der Waals surface area contributed by atoms with Gasteiger partial charge in [-0.15, -0.1) is 0 Å². The first-order valence-corrected chi connectivity index (χ1v) is 11.8. The molecule has 0 bridgehead atoms. The van der Waals surface area contributed by atoms with Gasteiger partial charge in [0, 0.05) is 0 Å². The molecule has 5 heteroatoms. The molecule has 2 atom stereocenters. The number of hydrogen-bond acceptors (Lipinski definition) is 5. The van der Waals surface area contributed by atoms with Crippen LogP contribution in [-0.4, -0.2) is 37.5 Å². The van der Waals surface area contributed by atoms with Gasteiger partial charge in [-0.25, -0.2) is 4.79 Å². The quantitative estimate of drug-likeness (QED) is 0.311. The van der Waals surface area contributed by atoms with Gasteiger partial charge in [0.1, 0.15) is 6.61 Å². The molecule has 0 saturated heterocycles. The van der Waals surface area contributed by atoms with E-state index in [2.05, 4.69) is 27.7 Å². The molecule has 2 unspecified atom stereocenters. The van der Waals surface area contributed by atoms with E-state index in [1.165, 1.54) is 25.7 Å². The van der Waals surface area contributed by atoms with Crippen molar-refractivity contribution in [2.24, 2.45) is 11.8 Å². The van der Waals surface area contributed by atoms with Gasteiger partial charge in [-0.05, 0) is 42.9 Å². The summed E-state index contributed by atoms with van der Waals surface area (Å²) in [4.78, 5) is 12.2. The maximum absolute atomic E-state index is 12.2. The van der Waals surface area contributed by atoms with E-state index in [1.807, 2.05) is 0 Å². The fraction of sp³-hybridized carbons (Fsp3) is 0.720. The molecule has 0 fully saturated rings. The van der Waals surface area contributed by atoms with E-state index in [-0.39, 0.29) is 13.2 Å². The molecule has 1 aromatic carbocycles. The van der Waals surface area contributed by atoms with E-state index >= 15 is 0 Å². The van der Waals surface area contributed by atoms with E-state index in [9.17, 15) is 4.79 Å². The molecular formula is C25H42O5. The summed E-state index contributed by atoms with van der Waals surface area (Å²) in [5.74, 6) is 1.80. The molecule has 0 aliphatic heterocycles. The third kappa shape index (κ3) is 9.84. The molecule has 172 valence electrons. The lowest BCUT2D eigenvalue weighted by molar-refractivity contribution is 0.0433. The van der Waals surface area contributed by atoms with E-state index < -0.39 is 5.97 Å². The van der Waals surface area contributed by atoms with Crippen LogP contribution in [0.15, 0.2) is 18.2 Å². The number of carbonyl (C=O) groups is 1. The number of hydrogen-bond donors (Lipinski definition) is 1. The number of rotatable bonds is 17. The van der Waals surface area contributed by atoms with Gasteiger partial charge >= 0.3 is 5.97 Å². The lowest BCUT2D eigenvalue weighted by Crippen LogP contribution is -2.15. The fourth-order valence-electron chi connectivity index (χ4n) is 3.30. The van der Waals surface area contributed by atoms with Gasteiger partial charge in [-0.3, -0.25) is 0 Å². The molecule has 1 aromatic rings. The van der Waals surface area contributed by atoms with Gasteiger partial charge in [0.25, 0.3) is 0 Å². The summed E-state index contributed by atoms with van der Waals surface area (Å²) < 4.78 is 17.3. The molecule has 0 aromatic heterocycles. The van der Waals surface area contributed by atoms with Crippen LogP contribution in [0.25, 0.3) is 0 Å². The van der Waals surface area contributed by atoms with E-state index in [0.29, 0.717) is 42.1 Å². The Hall–Kier alpha value is -1.75. The SMILES string of the molecule is CCCCC(CC)COc1ccc(C(=O)OCCO)cc1OCC(CC)CCCC. The minimum atomic E-state index is -0.465. The van der Waals surface area contributed by atoms with Gasteiger partial charge in [-0.1, -0.05) is 66.2 Å². The van der Waals surface area contributed by atoms with Crippen molar-refractivity contribution in [1.82, 2.24) is 0 Å². The summed E-state index contributed by atoms with van der Waals surface area (Å²) in [6, 6.07) is 5.20. The van der Waals surface area contributed by atoms with Crippen LogP contribution in [0.5, 0.6) is 11.5 Å². The second kappa shape index (κ2) is 16.0. The van der Waals surface area contributed by atoms with Gasteiger partial charge in [-0.2, -0.15) is 0 Å². The minimum absolute atomic E-state index is 0.0161. The van der Waals surface area contributed by atoms with Crippen LogP contribution >= 0.6 is 0 Å². The summed E-state index contributed by atoms with van der Waals surface area (Å²) >= 11 is 0. The van der Waals surface area contributed by atoms with Crippen LogP contribution < -0.4 is 9.47 Å². The highest BCUT2D eigenvalue weighted by Crippen LogP contribution is 2.31. The minimum Gasteiger partial charge on any atom is -0.489 e. The molecule has 0 spiro atoms. The van der Waals surface area contributed by atoms with Crippen LogP contribution in [0.2, 0.25) is 0 Å². The fourth-order valence-corrected chi connectivity index (χ4v) is 3.30. The zero-order valence-corrected chi connectivity index (χ0v) is 19.5. The average molecular weight is 423 g/mol. The first kappa shape index (κ1) is 26.3.